The summed E-state index contributed by atoms with van der Waals surface area (Å²) in [5.74, 6) is 1.99. The number of nitrogens with one attached hydrogen (secondary N) is 1. The third kappa shape index (κ3) is 3.88. The van der Waals surface area contributed by atoms with Crippen LogP contribution >= 0.6 is 0 Å². The van der Waals surface area contributed by atoms with Crippen LogP contribution in [0.4, 0.5) is 5.82 Å². The second kappa shape index (κ2) is 8.45. The number of hydrogen-bond donors (Lipinski definition) is 1. The van der Waals surface area contributed by atoms with Crippen molar-refractivity contribution < 1.29 is 4.79 Å². The molecule has 3 aliphatic rings. The van der Waals surface area contributed by atoms with Gasteiger partial charge in [0.15, 0.2) is 5.82 Å². The second-order valence-electron chi connectivity index (χ2n) is 10.1. The molecule has 33 heavy (non-hydrogen) atoms. The topological polar surface area (TPSA) is 65.8 Å². The van der Waals surface area contributed by atoms with E-state index in [4.69, 9.17) is 0 Å². The molecule has 7 heteroatoms. The number of likely N-dealkylation sites (tertiary alicyclic amines) is 2. The largest absolute Gasteiger partial charge is 0.367 e. The summed E-state index contributed by atoms with van der Waals surface area (Å²) < 4.78 is 1.84. The first-order chi connectivity index (χ1) is 16.2. The molecule has 0 spiro atoms. The van der Waals surface area contributed by atoms with Gasteiger partial charge in [-0.2, -0.15) is 5.10 Å². The molecule has 2 saturated heterocycles. The lowest BCUT2D eigenvalue weighted by atomic mass is 9.72. The number of rotatable bonds is 6. The van der Waals surface area contributed by atoms with Crippen LogP contribution in [0.15, 0.2) is 55.0 Å². The summed E-state index contributed by atoms with van der Waals surface area (Å²) in [6, 6.07) is 15.4. The number of piperidine rings is 2. The molecule has 2 unspecified atom stereocenters. The lowest BCUT2D eigenvalue weighted by Crippen LogP contribution is -2.51. The van der Waals surface area contributed by atoms with Crippen molar-refractivity contribution in [1.82, 2.24) is 24.4 Å². The molecule has 7 nitrogen and oxygen atoms in total. The van der Waals surface area contributed by atoms with E-state index in [1.54, 1.807) is 6.33 Å². The van der Waals surface area contributed by atoms with Gasteiger partial charge in [-0.3, -0.25) is 9.69 Å². The molecule has 1 aromatic carbocycles. The van der Waals surface area contributed by atoms with E-state index in [0.29, 0.717) is 18.5 Å². The SMILES string of the molecule is O=C(CN1CC2CCC1C2)N1CCC(CNc2ncnn3cccc23)(c2ccccc2)CC1. The summed E-state index contributed by atoms with van der Waals surface area (Å²) in [7, 11) is 0. The minimum Gasteiger partial charge on any atom is -0.367 e. The molecule has 3 fully saturated rings. The number of fused-ring (bicyclic) bond motifs is 3. The van der Waals surface area contributed by atoms with Crippen LogP contribution in [0.2, 0.25) is 0 Å². The maximum Gasteiger partial charge on any atom is 0.236 e. The number of nitrogens with zero attached hydrogens (tertiary/aromatic N) is 5. The van der Waals surface area contributed by atoms with Gasteiger partial charge in [-0.1, -0.05) is 30.3 Å². The highest BCUT2D eigenvalue weighted by Gasteiger charge is 2.41. The van der Waals surface area contributed by atoms with Crippen molar-refractivity contribution >= 4 is 17.2 Å². The van der Waals surface area contributed by atoms with Gasteiger partial charge in [-0.05, 0) is 55.7 Å². The molecule has 172 valence electrons. The van der Waals surface area contributed by atoms with Gasteiger partial charge >= 0.3 is 0 Å². The molecule has 6 rings (SSSR count). The lowest BCUT2D eigenvalue weighted by molar-refractivity contribution is -0.134. The van der Waals surface area contributed by atoms with Gasteiger partial charge in [0.1, 0.15) is 11.8 Å². The second-order valence-corrected chi connectivity index (χ2v) is 10.1. The monoisotopic (exact) mass is 444 g/mol. The average molecular weight is 445 g/mol. The van der Waals surface area contributed by atoms with Gasteiger partial charge in [0.25, 0.3) is 0 Å². The number of anilines is 1. The van der Waals surface area contributed by atoms with Crippen LogP contribution in [0.3, 0.4) is 0 Å². The first-order valence-electron chi connectivity index (χ1n) is 12.3. The molecular weight excluding hydrogens is 412 g/mol. The number of hydrogen-bond acceptors (Lipinski definition) is 5. The first-order valence-corrected chi connectivity index (χ1v) is 12.3. The number of carbonyl (C=O) groups is 1. The van der Waals surface area contributed by atoms with Crippen molar-refractivity contribution in [1.29, 1.82) is 0 Å². The van der Waals surface area contributed by atoms with E-state index >= 15 is 0 Å². The first kappa shape index (κ1) is 20.7. The molecule has 1 aliphatic carbocycles. The van der Waals surface area contributed by atoms with Gasteiger partial charge in [0.05, 0.1) is 6.54 Å². The Labute approximate surface area is 194 Å². The van der Waals surface area contributed by atoms with Crippen LogP contribution in [0.1, 0.15) is 37.7 Å². The summed E-state index contributed by atoms with van der Waals surface area (Å²) >= 11 is 0. The Kier molecular flexibility index (Phi) is 5.29. The Morgan fingerprint density at radius 2 is 1.94 bits per heavy atom. The van der Waals surface area contributed by atoms with E-state index in [2.05, 4.69) is 55.5 Å². The highest BCUT2D eigenvalue weighted by atomic mass is 16.2. The van der Waals surface area contributed by atoms with Gasteiger partial charge < -0.3 is 10.2 Å². The third-order valence-electron chi connectivity index (χ3n) is 8.25. The van der Waals surface area contributed by atoms with E-state index in [1.807, 2.05) is 22.8 Å². The zero-order valence-corrected chi connectivity index (χ0v) is 19.1. The Balaban J connectivity index is 1.16. The Morgan fingerprint density at radius 1 is 1.09 bits per heavy atom. The highest BCUT2D eigenvalue weighted by molar-refractivity contribution is 5.78. The zero-order chi connectivity index (χ0) is 22.3. The summed E-state index contributed by atoms with van der Waals surface area (Å²) in [5, 5.41) is 7.90. The summed E-state index contributed by atoms with van der Waals surface area (Å²) in [6.45, 7) is 4.12. The Bertz CT molecular complexity index is 1120. The maximum absolute atomic E-state index is 13.1. The van der Waals surface area contributed by atoms with Gasteiger partial charge in [-0.15, -0.1) is 0 Å². The fraction of sp³-hybridized carbons (Fsp3) is 0.500. The smallest absolute Gasteiger partial charge is 0.236 e. The fourth-order valence-corrected chi connectivity index (χ4v) is 6.29. The van der Waals surface area contributed by atoms with Crippen molar-refractivity contribution in [2.75, 3.05) is 38.0 Å². The summed E-state index contributed by atoms with van der Waals surface area (Å²) in [5.41, 5.74) is 2.29. The van der Waals surface area contributed by atoms with Crippen LogP contribution in [0.25, 0.3) is 5.52 Å². The van der Waals surface area contributed by atoms with E-state index in [0.717, 1.165) is 56.3 Å². The van der Waals surface area contributed by atoms with Crippen molar-refractivity contribution in [2.45, 2.75) is 43.6 Å². The van der Waals surface area contributed by atoms with Crippen LogP contribution in [0.5, 0.6) is 0 Å². The number of aromatic nitrogens is 3. The average Bonchev–Trinajstić information content (AvgIpc) is 3.61. The molecular formula is C26H32N6O. The highest BCUT2D eigenvalue weighted by Crippen LogP contribution is 2.38. The van der Waals surface area contributed by atoms with Gasteiger partial charge in [0.2, 0.25) is 5.91 Å². The zero-order valence-electron chi connectivity index (χ0n) is 19.1. The molecule has 1 N–H and O–H groups in total. The van der Waals surface area contributed by atoms with Gasteiger partial charge in [-0.25, -0.2) is 9.50 Å². The van der Waals surface area contributed by atoms with Crippen LogP contribution in [0, 0.1) is 5.92 Å². The molecule has 2 atom stereocenters. The molecule has 4 heterocycles. The molecule has 1 saturated carbocycles. The summed E-state index contributed by atoms with van der Waals surface area (Å²) in [4.78, 5) is 22.2. The van der Waals surface area contributed by atoms with Crippen molar-refractivity contribution in [3.63, 3.8) is 0 Å². The van der Waals surface area contributed by atoms with Crippen molar-refractivity contribution in [3.8, 4) is 0 Å². The molecule has 0 radical (unpaired) electrons. The molecule has 3 aromatic rings. The van der Waals surface area contributed by atoms with Gasteiger partial charge in [0, 0.05) is 43.8 Å². The predicted octanol–water partition coefficient (Wildman–Crippen LogP) is 3.19. The minimum atomic E-state index is -0.0285. The van der Waals surface area contributed by atoms with E-state index in [-0.39, 0.29) is 5.41 Å². The minimum absolute atomic E-state index is 0.0285. The number of benzene rings is 1. The van der Waals surface area contributed by atoms with E-state index in [1.165, 1.54) is 24.8 Å². The Hall–Kier alpha value is -2.93. The van der Waals surface area contributed by atoms with E-state index < -0.39 is 0 Å². The predicted molar refractivity (Wildman–Crippen MR) is 128 cm³/mol. The van der Waals surface area contributed by atoms with Crippen molar-refractivity contribution in [2.24, 2.45) is 5.92 Å². The Morgan fingerprint density at radius 3 is 2.70 bits per heavy atom. The summed E-state index contributed by atoms with van der Waals surface area (Å²) in [6.07, 6.45) is 9.36. The lowest BCUT2D eigenvalue weighted by Gasteiger charge is -2.43. The van der Waals surface area contributed by atoms with Crippen LogP contribution < -0.4 is 5.32 Å². The molecule has 1 amide bonds. The quantitative estimate of drug-likeness (QED) is 0.633. The standard InChI is InChI=1S/C26H32N6O/c33-24(17-31-16-20-8-9-22(31)15-20)30-13-10-26(11-14-30,21-5-2-1-3-6-21)18-27-25-23-7-4-12-32(23)29-19-28-25/h1-7,12,19-20,22H,8-11,13-18H2,(H,27,28,29). The number of carbonyl (C=O) groups excluding carboxylic acids is 1. The van der Waals surface area contributed by atoms with E-state index in [9.17, 15) is 4.79 Å². The van der Waals surface area contributed by atoms with Crippen LogP contribution in [-0.2, 0) is 10.2 Å². The number of amides is 1. The molecule has 2 aromatic heterocycles. The molecule has 2 bridgehead atoms. The fourth-order valence-electron chi connectivity index (χ4n) is 6.29. The van der Waals surface area contributed by atoms with Crippen molar-refractivity contribution in [3.05, 3.63) is 60.6 Å². The normalized spacial score (nSPS) is 24.4. The maximum atomic E-state index is 13.1. The third-order valence-corrected chi connectivity index (χ3v) is 8.25. The van der Waals surface area contributed by atoms with Crippen LogP contribution in [-0.4, -0.2) is 69.1 Å². The molecule has 2 aliphatic heterocycles.